The quantitative estimate of drug-likeness (QED) is 0.450. The molecule has 30 heavy (non-hydrogen) atoms. The lowest BCUT2D eigenvalue weighted by atomic mass is 10.3. The van der Waals surface area contributed by atoms with Crippen LogP contribution in [0, 0.1) is 10.1 Å². The Morgan fingerprint density at radius 1 is 1.03 bits per heavy atom. The van der Waals surface area contributed by atoms with Crippen molar-refractivity contribution in [1.82, 2.24) is 14.1 Å². The van der Waals surface area contributed by atoms with Crippen molar-refractivity contribution in [1.29, 1.82) is 0 Å². The summed E-state index contributed by atoms with van der Waals surface area (Å²) in [5.41, 5.74) is -2.49. The summed E-state index contributed by atoms with van der Waals surface area (Å²) in [5.74, 6) is 0. The van der Waals surface area contributed by atoms with Crippen LogP contribution in [0.2, 0.25) is 10.0 Å². The molecule has 0 bridgehead atoms. The first-order valence-corrected chi connectivity index (χ1v) is 10.1. The van der Waals surface area contributed by atoms with Crippen LogP contribution < -0.4 is 17.1 Å². The minimum atomic E-state index is -0.912. The highest BCUT2D eigenvalue weighted by Gasteiger charge is 2.17. The number of H-pyrrole nitrogens is 1. The van der Waals surface area contributed by atoms with Crippen LogP contribution >= 0.6 is 35.0 Å². The molecule has 0 atom stereocenters. The molecule has 0 saturated carbocycles. The number of halogens is 2. The Morgan fingerprint density at radius 3 is 2.10 bits per heavy atom. The van der Waals surface area contributed by atoms with Gasteiger partial charge in [-0.2, -0.15) is 0 Å². The molecule has 12 heteroatoms. The van der Waals surface area contributed by atoms with Crippen molar-refractivity contribution in [3.05, 3.63) is 88.0 Å². The first kappa shape index (κ1) is 21.9. The predicted molar refractivity (Wildman–Crippen MR) is 115 cm³/mol. The summed E-state index contributed by atoms with van der Waals surface area (Å²) in [5, 5.41) is 11.1. The fraction of sp³-hybridized carbons (Fsp3) is 0.167. The molecule has 3 rings (SSSR count). The molecule has 0 saturated heterocycles. The first-order valence-electron chi connectivity index (χ1n) is 8.49. The molecule has 0 unspecified atom stereocenters. The third-order valence-corrected chi connectivity index (χ3v) is 6.03. The second-order valence-electron chi connectivity index (χ2n) is 6.41. The van der Waals surface area contributed by atoms with Crippen LogP contribution in [0.15, 0.2) is 60.6 Å². The van der Waals surface area contributed by atoms with Crippen molar-refractivity contribution >= 4 is 40.7 Å². The maximum absolute atomic E-state index is 12.7. The minimum Gasteiger partial charge on any atom is -0.258 e. The zero-order valence-corrected chi connectivity index (χ0v) is 17.9. The van der Waals surface area contributed by atoms with Crippen LogP contribution in [0.4, 0.5) is 5.69 Å². The van der Waals surface area contributed by atoms with Gasteiger partial charge in [-0.25, -0.2) is 23.5 Å². The maximum Gasteiger partial charge on any atom is 0.341 e. The van der Waals surface area contributed by atoms with Crippen molar-refractivity contribution in [3.63, 3.8) is 0 Å². The molecule has 0 fully saturated rings. The number of aromatic nitrogens is 3. The molecule has 0 radical (unpaired) electrons. The fourth-order valence-electron chi connectivity index (χ4n) is 2.70. The molecule has 0 aliphatic heterocycles. The normalized spacial score (nSPS) is 11.1. The summed E-state index contributed by atoms with van der Waals surface area (Å²) in [6.45, 7) is 3.27. The van der Waals surface area contributed by atoms with Gasteiger partial charge in [-0.05, 0) is 38.1 Å². The second kappa shape index (κ2) is 8.50. The Morgan fingerprint density at radius 2 is 1.60 bits per heavy atom. The summed E-state index contributed by atoms with van der Waals surface area (Å²) < 4.78 is 1.68. The summed E-state index contributed by atoms with van der Waals surface area (Å²) in [7, 11) is 0. The number of nitrogens with zero attached hydrogens (tertiary/aromatic N) is 3. The molecular weight excluding hydrogens is 455 g/mol. The van der Waals surface area contributed by atoms with Gasteiger partial charge in [0.25, 0.3) is 5.69 Å². The Hall–Kier alpha value is -2.82. The average molecular weight is 469 g/mol. The Labute approximate surface area is 183 Å². The van der Waals surface area contributed by atoms with Gasteiger partial charge in [0.15, 0.2) is 0 Å². The van der Waals surface area contributed by atoms with Gasteiger partial charge in [-0.1, -0.05) is 35.0 Å². The average Bonchev–Trinajstić information content (AvgIpc) is 2.64. The summed E-state index contributed by atoms with van der Waals surface area (Å²) in [6, 6.07) is 8.10. The number of benzene rings is 2. The number of hydrogen-bond acceptors (Lipinski definition) is 6. The second-order valence-corrected chi connectivity index (χ2v) is 8.31. The van der Waals surface area contributed by atoms with E-state index in [4.69, 9.17) is 23.2 Å². The Kier molecular flexibility index (Phi) is 6.20. The number of nitro benzene ring substituents is 1. The van der Waals surface area contributed by atoms with Crippen LogP contribution in [0.25, 0.3) is 5.69 Å². The molecule has 0 spiro atoms. The molecule has 156 valence electrons. The van der Waals surface area contributed by atoms with Crippen molar-refractivity contribution < 1.29 is 4.92 Å². The first-order chi connectivity index (χ1) is 14.1. The van der Waals surface area contributed by atoms with Crippen molar-refractivity contribution in [3.8, 4) is 5.69 Å². The number of aromatic amines is 1. The van der Waals surface area contributed by atoms with Crippen LogP contribution in [-0.2, 0) is 0 Å². The van der Waals surface area contributed by atoms with Gasteiger partial charge in [0.05, 0.1) is 20.7 Å². The van der Waals surface area contributed by atoms with Crippen LogP contribution in [-0.4, -0.2) is 19.0 Å². The topological polar surface area (TPSA) is 120 Å². The van der Waals surface area contributed by atoms with Crippen LogP contribution in [0.3, 0.4) is 0 Å². The third-order valence-electron chi connectivity index (χ3n) is 4.06. The smallest absolute Gasteiger partial charge is 0.258 e. The van der Waals surface area contributed by atoms with E-state index in [0.717, 1.165) is 9.13 Å². The number of non-ortho nitro benzene ring substituents is 1. The van der Waals surface area contributed by atoms with Gasteiger partial charge < -0.3 is 0 Å². The summed E-state index contributed by atoms with van der Waals surface area (Å²) in [4.78, 5) is 50.4. The van der Waals surface area contributed by atoms with Gasteiger partial charge in [-0.3, -0.25) is 15.1 Å². The highest BCUT2D eigenvalue weighted by molar-refractivity contribution is 7.99. The number of nitro groups is 1. The number of hydrogen-bond donors (Lipinski definition) is 1. The molecule has 3 aromatic rings. The predicted octanol–water partition coefficient (Wildman–Crippen LogP) is 3.63. The van der Waals surface area contributed by atoms with Crippen molar-refractivity contribution in [2.45, 2.75) is 29.7 Å². The van der Waals surface area contributed by atoms with Gasteiger partial charge in [0, 0.05) is 28.0 Å². The highest BCUT2D eigenvalue weighted by atomic mass is 35.5. The molecule has 2 aromatic carbocycles. The molecule has 1 N–H and O–H groups in total. The third kappa shape index (κ3) is 4.20. The molecule has 0 amide bonds. The van der Waals surface area contributed by atoms with Gasteiger partial charge in [-0.15, -0.1) is 0 Å². The molecule has 1 heterocycles. The minimum absolute atomic E-state index is 0.0502. The molecule has 1 aromatic heterocycles. The monoisotopic (exact) mass is 468 g/mol. The van der Waals surface area contributed by atoms with Gasteiger partial charge in [0.1, 0.15) is 0 Å². The van der Waals surface area contributed by atoms with E-state index in [-0.39, 0.29) is 21.4 Å². The number of nitrogens with one attached hydrogen (secondary N) is 1. The zero-order chi connectivity index (χ0) is 22.2. The van der Waals surface area contributed by atoms with E-state index in [2.05, 4.69) is 4.98 Å². The van der Waals surface area contributed by atoms with E-state index in [0.29, 0.717) is 9.79 Å². The lowest BCUT2D eigenvalue weighted by Gasteiger charge is -2.13. The van der Waals surface area contributed by atoms with E-state index < -0.39 is 28.0 Å². The molecule has 0 aliphatic carbocycles. The maximum atomic E-state index is 12.7. The van der Waals surface area contributed by atoms with E-state index in [1.807, 2.05) is 0 Å². The lowest BCUT2D eigenvalue weighted by molar-refractivity contribution is -0.384. The van der Waals surface area contributed by atoms with Crippen LogP contribution in [0.5, 0.6) is 0 Å². The molecular formula is C18H14Cl2N4O5S. The van der Waals surface area contributed by atoms with Gasteiger partial charge >= 0.3 is 17.1 Å². The standard InChI is InChI=1S/C18H14Cl2N4O5S/c1-9(2)22-16(25)21-17(26)23(18(22)27)11-7-13(19)15(14(20)8-11)30-12-5-3-10(4-6-12)24(28)29/h3-9H,1-2H3,(H,21,25,26). The summed E-state index contributed by atoms with van der Waals surface area (Å²) >= 11 is 13.9. The Balaban J connectivity index is 2.07. The van der Waals surface area contributed by atoms with Crippen molar-refractivity contribution in [2.75, 3.05) is 0 Å². The molecule has 0 aliphatic rings. The van der Waals surface area contributed by atoms with E-state index in [9.17, 15) is 24.5 Å². The van der Waals surface area contributed by atoms with Crippen LogP contribution in [0.1, 0.15) is 19.9 Å². The summed E-state index contributed by atoms with van der Waals surface area (Å²) in [6.07, 6.45) is 0. The van der Waals surface area contributed by atoms with E-state index in [1.165, 1.54) is 36.0 Å². The Bertz CT molecular complexity index is 1290. The largest absolute Gasteiger partial charge is 0.341 e. The van der Waals surface area contributed by atoms with E-state index >= 15 is 0 Å². The van der Waals surface area contributed by atoms with Gasteiger partial charge in [0.2, 0.25) is 0 Å². The van der Waals surface area contributed by atoms with Crippen molar-refractivity contribution in [2.24, 2.45) is 0 Å². The highest BCUT2D eigenvalue weighted by Crippen LogP contribution is 2.40. The lowest BCUT2D eigenvalue weighted by Crippen LogP contribution is -2.49. The van der Waals surface area contributed by atoms with E-state index in [1.54, 1.807) is 26.0 Å². The SMILES string of the molecule is CC(C)n1c(=O)[nH]c(=O)n(-c2cc(Cl)c(Sc3ccc([N+](=O)[O-])cc3)c(Cl)c2)c1=O. The molecule has 9 nitrogen and oxygen atoms in total. The fourth-order valence-corrected chi connectivity index (χ4v) is 4.23. The zero-order valence-electron chi connectivity index (χ0n) is 15.6. The number of rotatable bonds is 5.